The van der Waals surface area contributed by atoms with Gasteiger partial charge in [-0.15, -0.1) is 0 Å². The molecule has 1 N–H and O–H groups in total. The molecule has 1 aromatic carbocycles. The number of rotatable bonds is 6. The topological polar surface area (TPSA) is 66.2 Å². The van der Waals surface area contributed by atoms with E-state index >= 15 is 0 Å². The molecule has 0 radical (unpaired) electrons. The van der Waals surface area contributed by atoms with Crippen LogP contribution in [0.5, 0.6) is 5.75 Å². The predicted octanol–water partition coefficient (Wildman–Crippen LogP) is 1.54. The minimum Gasteiger partial charge on any atom is -0.484 e. The summed E-state index contributed by atoms with van der Waals surface area (Å²) in [5.41, 5.74) is 0. The summed E-state index contributed by atoms with van der Waals surface area (Å²) in [6.07, 6.45) is 0.922. The summed E-state index contributed by atoms with van der Waals surface area (Å²) < 4.78 is 10.7. The van der Waals surface area contributed by atoms with Gasteiger partial charge in [0.15, 0.2) is 6.61 Å². The highest BCUT2D eigenvalue weighted by molar-refractivity contribution is 5.77. The van der Waals surface area contributed by atoms with Crippen molar-refractivity contribution in [2.75, 3.05) is 39.3 Å². The zero-order valence-corrected chi connectivity index (χ0v) is 13.5. The first-order valence-electron chi connectivity index (χ1n) is 8.12. The lowest BCUT2D eigenvalue weighted by atomic mass is 10.2. The van der Waals surface area contributed by atoms with Crippen LogP contribution in [-0.2, 0) is 4.79 Å². The number of β-amino-alcohol motifs (C(OH)–C–C–N with tert-alkyl or cyclic N) is 1. The second-order valence-electron chi connectivity index (χ2n) is 5.81. The van der Waals surface area contributed by atoms with E-state index in [-0.39, 0.29) is 12.5 Å². The first-order valence-corrected chi connectivity index (χ1v) is 8.12. The SMILES string of the molecule is O=C(COc1ccccc1)N1CCN(CC(O)c2ccco2)CC1. The van der Waals surface area contributed by atoms with Gasteiger partial charge in [0.2, 0.25) is 0 Å². The number of nitrogens with zero attached hydrogens (tertiary/aromatic N) is 2. The van der Waals surface area contributed by atoms with E-state index in [0.717, 1.165) is 13.1 Å². The molecule has 6 heteroatoms. The Kier molecular flexibility index (Phi) is 5.51. The Morgan fingerprint density at radius 2 is 1.88 bits per heavy atom. The fourth-order valence-corrected chi connectivity index (χ4v) is 2.75. The van der Waals surface area contributed by atoms with Crippen molar-refractivity contribution in [1.29, 1.82) is 0 Å². The summed E-state index contributed by atoms with van der Waals surface area (Å²) in [6.45, 7) is 3.31. The number of hydrogen-bond donors (Lipinski definition) is 1. The molecule has 0 saturated carbocycles. The number of para-hydroxylation sites is 1. The standard InChI is InChI=1S/C18H22N2O4/c21-16(17-7-4-12-23-17)13-19-8-10-20(11-9-19)18(22)14-24-15-5-2-1-3-6-15/h1-7,12,16,21H,8-11,13-14H2. The Hall–Kier alpha value is -2.31. The third-order valence-electron chi connectivity index (χ3n) is 4.13. The summed E-state index contributed by atoms with van der Waals surface area (Å²) in [7, 11) is 0. The monoisotopic (exact) mass is 330 g/mol. The molecule has 1 fully saturated rings. The average molecular weight is 330 g/mol. The van der Waals surface area contributed by atoms with Crippen molar-refractivity contribution in [1.82, 2.24) is 9.80 Å². The van der Waals surface area contributed by atoms with Crippen LogP contribution in [0, 0.1) is 0 Å². The van der Waals surface area contributed by atoms with E-state index in [1.165, 1.54) is 0 Å². The van der Waals surface area contributed by atoms with Gasteiger partial charge in [-0.2, -0.15) is 0 Å². The van der Waals surface area contributed by atoms with Crippen LogP contribution in [-0.4, -0.2) is 60.1 Å². The number of aliphatic hydroxyl groups excluding tert-OH is 1. The van der Waals surface area contributed by atoms with Crippen molar-refractivity contribution in [3.63, 3.8) is 0 Å². The zero-order chi connectivity index (χ0) is 16.8. The lowest BCUT2D eigenvalue weighted by molar-refractivity contribution is -0.135. The molecule has 1 aromatic heterocycles. The van der Waals surface area contributed by atoms with E-state index in [1.807, 2.05) is 30.3 Å². The number of benzene rings is 1. The van der Waals surface area contributed by atoms with E-state index < -0.39 is 6.10 Å². The van der Waals surface area contributed by atoms with Gasteiger partial charge in [-0.3, -0.25) is 9.69 Å². The highest BCUT2D eigenvalue weighted by Crippen LogP contribution is 2.16. The van der Waals surface area contributed by atoms with Crippen LogP contribution < -0.4 is 4.74 Å². The van der Waals surface area contributed by atoms with Crippen molar-refractivity contribution in [2.24, 2.45) is 0 Å². The molecular weight excluding hydrogens is 308 g/mol. The van der Waals surface area contributed by atoms with Crippen molar-refractivity contribution in [3.05, 3.63) is 54.5 Å². The zero-order valence-electron chi connectivity index (χ0n) is 13.5. The van der Waals surface area contributed by atoms with Crippen LogP contribution in [0.25, 0.3) is 0 Å². The van der Waals surface area contributed by atoms with Gasteiger partial charge in [0.1, 0.15) is 17.6 Å². The van der Waals surface area contributed by atoms with Gasteiger partial charge in [0, 0.05) is 32.7 Å². The lowest BCUT2D eigenvalue weighted by Crippen LogP contribution is -2.50. The van der Waals surface area contributed by atoms with Gasteiger partial charge in [-0.05, 0) is 24.3 Å². The van der Waals surface area contributed by atoms with Gasteiger partial charge >= 0.3 is 0 Å². The number of amides is 1. The van der Waals surface area contributed by atoms with Crippen molar-refractivity contribution in [2.45, 2.75) is 6.10 Å². The minimum absolute atomic E-state index is 0.00918. The van der Waals surface area contributed by atoms with Crippen LogP contribution in [0.1, 0.15) is 11.9 Å². The van der Waals surface area contributed by atoms with E-state index in [9.17, 15) is 9.90 Å². The van der Waals surface area contributed by atoms with Crippen molar-refractivity contribution in [3.8, 4) is 5.75 Å². The highest BCUT2D eigenvalue weighted by Gasteiger charge is 2.23. The molecule has 2 aromatic rings. The largest absolute Gasteiger partial charge is 0.484 e. The third kappa shape index (κ3) is 4.37. The predicted molar refractivity (Wildman–Crippen MR) is 88.6 cm³/mol. The molecule has 1 unspecified atom stereocenters. The molecule has 2 heterocycles. The molecule has 128 valence electrons. The Morgan fingerprint density at radius 1 is 1.12 bits per heavy atom. The fraction of sp³-hybridized carbons (Fsp3) is 0.389. The van der Waals surface area contributed by atoms with Crippen molar-refractivity contribution < 1.29 is 19.1 Å². The normalized spacial score (nSPS) is 16.8. The molecule has 1 amide bonds. The van der Waals surface area contributed by atoms with Gasteiger partial charge in [0.25, 0.3) is 5.91 Å². The maximum Gasteiger partial charge on any atom is 0.260 e. The molecule has 1 saturated heterocycles. The number of ether oxygens (including phenoxy) is 1. The molecule has 1 aliphatic rings. The lowest BCUT2D eigenvalue weighted by Gasteiger charge is -2.35. The Morgan fingerprint density at radius 3 is 2.54 bits per heavy atom. The molecule has 3 rings (SSSR count). The van der Waals surface area contributed by atoms with E-state index in [2.05, 4.69) is 4.90 Å². The first-order chi connectivity index (χ1) is 11.7. The van der Waals surface area contributed by atoms with Crippen LogP contribution in [0.4, 0.5) is 0 Å². The minimum atomic E-state index is -0.635. The number of hydrogen-bond acceptors (Lipinski definition) is 5. The Bertz CT molecular complexity index is 622. The fourth-order valence-electron chi connectivity index (χ4n) is 2.75. The van der Waals surface area contributed by atoms with Crippen LogP contribution in [0.2, 0.25) is 0 Å². The summed E-state index contributed by atoms with van der Waals surface area (Å²) in [6, 6.07) is 12.9. The first kappa shape index (κ1) is 16.5. The van der Waals surface area contributed by atoms with Crippen molar-refractivity contribution >= 4 is 5.91 Å². The number of aliphatic hydroxyl groups is 1. The summed E-state index contributed by atoms with van der Waals surface area (Å²) in [5.74, 6) is 1.26. The quantitative estimate of drug-likeness (QED) is 0.870. The molecule has 24 heavy (non-hydrogen) atoms. The maximum absolute atomic E-state index is 12.2. The van der Waals surface area contributed by atoms with Crippen LogP contribution in [0.3, 0.4) is 0 Å². The molecule has 0 spiro atoms. The number of furan rings is 1. The summed E-state index contributed by atoms with van der Waals surface area (Å²) >= 11 is 0. The number of carbonyl (C=O) groups is 1. The molecule has 1 aliphatic heterocycles. The van der Waals surface area contributed by atoms with Crippen LogP contribution in [0.15, 0.2) is 53.1 Å². The van der Waals surface area contributed by atoms with E-state index in [4.69, 9.17) is 9.15 Å². The molecule has 0 bridgehead atoms. The Balaban J connectivity index is 1.40. The van der Waals surface area contributed by atoms with E-state index in [1.54, 1.807) is 23.3 Å². The van der Waals surface area contributed by atoms with Gasteiger partial charge in [-0.25, -0.2) is 0 Å². The third-order valence-corrected chi connectivity index (χ3v) is 4.13. The second kappa shape index (κ2) is 7.99. The number of carbonyl (C=O) groups excluding carboxylic acids is 1. The molecule has 0 aliphatic carbocycles. The van der Waals surface area contributed by atoms with Gasteiger partial charge < -0.3 is 19.2 Å². The maximum atomic E-state index is 12.2. The molecular formula is C18H22N2O4. The smallest absolute Gasteiger partial charge is 0.260 e. The average Bonchev–Trinajstić information content (AvgIpc) is 3.16. The summed E-state index contributed by atoms with van der Waals surface area (Å²) in [5, 5.41) is 10.1. The van der Waals surface area contributed by atoms with E-state index in [0.29, 0.717) is 31.1 Å². The van der Waals surface area contributed by atoms with Crippen LogP contribution >= 0.6 is 0 Å². The summed E-state index contributed by atoms with van der Waals surface area (Å²) in [4.78, 5) is 16.1. The van der Waals surface area contributed by atoms with Gasteiger partial charge in [-0.1, -0.05) is 18.2 Å². The second-order valence-corrected chi connectivity index (χ2v) is 5.81. The number of piperazine rings is 1. The van der Waals surface area contributed by atoms with Gasteiger partial charge in [0.05, 0.1) is 6.26 Å². The molecule has 6 nitrogen and oxygen atoms in total. The Labute approximate surface area is 141 Å². The molecule has 1 atom stereocenters. The highest BCUT2D eigenvalue weighted by atomic mass is 16.5.